The molecule has 0 aliphatic rings. The Morgan fingerprint density at radius 3 is 2.48 bits per heavy atom. The minimum atomic E-state index is -0.337. The highest BCUT2D eigenvalue weighted by Gasteiger charge is 2.17. The first-order valence-corrected chi connectivity index (χ1v) is 10.4. The average molecular weight is 420 g/mol. The number of alkyl halides is 1. The van der Waals surface area contributed by atoms with Crippen molar-refractivity contribution < 1.29 is 4.39 Å². The van der Waals surface area contributed by atoms with Crippen LogP contribution in [0, 0.1) is 0 Å². The summed E-state index contributed by atoms with van der Waals surface area (Å²) in [4.78, 5) is 28.5. The van der Waals surface area contributed by atoms with E-state index in [2.05, 4.69) is 15.0 Å². The first-order valence-electron chi connectivity index (χ1n) is 9.62. The second-order valence-corrected chi connectivity index (χ2v) is 6.95. The van der Waals surface area contributed by atoms with Gasteiger partial charge in [0.05, 0.1) is 5.39 Å². The summed E-state index contributed by atoms with van der Waals surface area (Å²) < 4.78 is 13.1. The van der Waals surface area contributed by atoms with E-state index in [1.165, 1.54) is 23.7 Å². The Bertz CT molecular complexity index is 1040. The number of rotatable bonds is 4. The van der Waals surface area contributed by atoms with Crippen molar-refractivity contribution in [1.82, 2.24) is 19.5 Å². The largest absolute Gasteiger partial charge is 0.362 e. The summed E-state index contributed by atoms with van der Waals surface area (Å²) >= 11 is 1.37. The molecule has 29 heavy (non-hydrogen) atoms. The Balaban J connectivity index is 0.000000527. The first kappa shape index (κ1) is 24.4. The lowest BCUT2D eigenvalue weighted by molar-refractivity contribution is 0.561. The number of aromatic nitrogens is 4. The van der Waals surface area contributed by atoms with E-state index in [1.54, 1.807) is 23.9 Å². The fourth-order valence-corrected chi connectivity index (χ4v) is 3.54. The second kappa shape index (κ2) is 12.1. The summed E-state index contributed by atoms with van der Waals surface area (Å²) in [5.74, 6) is 0.779. The lowest BCUT2D eigenvalue weighted by Gasteiger charge is -2.11. The summed E-state index contributed by atoms with van der Waals surface area (Å²) in [6.45, 7) is 9.41. The maximum atomic E-state index is 12.7. The highest BCUT2D eigenvalue weighted by Crippen LogP contribution is 2.33. The number of allylic oxidation sites excluding steroid dienone is 4. The van der Waals surface area contributed by atoms with Crippen LogP contribution in [0.2, 0.25) is 0 Å². The molecule has 0 saturated heterocycles. The predicted octanol–water partition coefficient (Wildman–Crippen LogP) is 5.30. The number of fused-ring (bicyclic) bond motifs is 3. The molecule has 0 amide bonds. The predicted molar refractivity (Wildman–Crippen MR) is 124 cm³/mol. The molecule has 158 valence electrons. The van der Waals surface area contributed by atoms with Crippen molar-refractivity contribution in [2.45, 2.75) is 41.0 Å². The van der Waals surface area contributed by atoms with Crippen LogP contribution < -0.4 is 10.5 Å². The molecule has 0 aromatic carbocycles. The average Bonchev–Trinajstić information content (AvgIpc) is 3.10. The molecule has 3 aromatic heterocycles. The van der Waals surface area contributed by atoms with Crippen LogP contribution in [0.4, 0.5) is 10.2 Å². The molecule has 0 radical (unpaired) electrons. The van der Waals surface area contributed by atoms with Crippen molar-refractivity contribution >= 4 is 43.3 Å². The molecule has 8 heteroatoms. The van der Waals surface area contributed by atoms with Crippen LogP contribution in [0.5, 0.6) is 0 Å². The minimum absolute atomic E-state index is 0.0556. The quantitative estimate of drug-likeness (QED) is 0.537. The number of thiophene rings is 1. The molecule has 0 aliphatic carbocycles. The summed E-state index contributed by atoms with van der Waals surface area (Å²) in [5, 5.41) is 0.842. The molecular formula is C21H30FN5OS. The van der Waals surface area contributed by atoms with Crippen molar-refractivity contribution in [2.24, 2.45) is 0 Å². The van der Waals surface area contributed by atoms with Gasteiger partial charge in [0.25, 0.3) is 5.56 Å². The van der Waals surface area contributed by atoms with Gasteiger partial charge in [0.1, 0.15) is 40.2 Å². The lowest BCUT2D eigenvalue weighted by atomic mass is 10.3. The normalized spacial score (nSPS) is 11.2. The van der Waals surface area contributed by atoms with Crippen molar-refractivity contribution in [2.75, 3.05) is 25.7 Å². The van der Waals surface area contributed by atoms with Crippen molar-refractivity contribution in [1.29, 1.82) is 0 Å². The molecule has 0 bridgehead atoms. The van der Waals surface area contributed by atoms with Gasteiger partial charge in [0.15, 0.2) is 0 Å². The van der Waals surface area contributed by atoms with Gasteiger partial charge in [-0.05, 0) is 20.3 Å². The van der Waals surface area contributed by atoms with Crippen LogP contribution in [-0.4, -0.2) is 40.3 Å². The van der Waals surface area contributed by atoms with Gasteiger partial charge in [-0.3, -0.25) is 9.36 Å². The highest BCUT2D eigenvalue weighted by molar-refractivity contribution is 7.25. The smallest absolute Gasteiger partial charge is 0.275 e. The molecular weight excluding hydrogens is 389 g/mol. The molecule has 0 aliphatic heterocycles. The Morgan fingerprint density at radius 2 is 1.97 bits per heavy atom. The number of hydrogen-bond acceptors (Lipinski definition) is 6. The SMILES string of the molecule is C/C=C\CF.CC.CC/C=C(\C)n1cnc2c(sc3ncnc(N(C)C)c32)c1=O. The molecule has 0 spiro atoms. The summed E-state index contributed by atoms with van der Waals surface area (Å²) in [6, 6.07) is 0. The highest BCUT2D eigenvalue weighted by atomic mass is 32.1. The van der Waals surface area contributed by atoms with Crippen molar-refractivity contribution in [3.05, 3.63) is 41.2 Å². The topological polar surface area (TPSA) is 63.9 Å². The van der Waals surface area contributed by atoms with Gasteiger partial charge in [-0.1, -0.05) is 39.0 Å². The van der Waals surface area contributed by atoms with E-state index in [0.717, 1.165) is 28.2 Å². The molecule has 0 fully saturated rings. The van der Waals surface area contributed by atoms with Crippen LogP contribution in [0.3, 0.4) is 0 Å². The van der Waals surface area contributed by atoms with Gasteiger partial charge < -0.3 is 4.90 Å². The van der Waals surface area contributed by atoms with E-state index in [0.29, 0.717) is 10.2 Å². The maximum Gasteiger partial charge on any atom is 0.275 e. The Labute approximate surface area is 175 Å². The Hall–Kier alpha value is -2.61. The van der Waals surface area contributed by atoms with E-state index in [-0.39, 0.29) is 12.2 Å². The van der Waals surface area contributed by atoms with E-state index in [4.69, 9.17) is 0 Å². The minimum Gasteiger partial charge on any atom is -0.362 e. The molecule has 6 nitrogen and oxygen atoms in total. The van der Waals surface area contributed by atoms with Gasteiger partial charge in [0.2, 0.25) is 0 Å². The molecule has 3 rings (SSSR count). The van der Waals surface area contributed by atoms with Crippen LogP contribution >= 0.6 is 11.3 Å². The molecule has 0 N–H and O–H groups in total. The first-order chi connectivity index (χ1) is 14.0. The Kier molecular flexibility index (Phi) is 10.2. The third-order valence-electron chi connectivity index (χ3n) is 3.79. The van der Waals surface area contributed by atoms with E-state index < -0.39 is 0 Å². The molecule has 0 saturated carbocycles. The third kappa shape index (κ3) is 5.69. The van der Waals surface area contributed by atoms with E-state index >= 15 is 0 Å². The maximum absolute atomic E-state index is 12.7. The number of halogens is 1. The van der Waals surface area contributed by atoms with Gasteiger partial charge >= 0.3 is 0 Å². The van der Waals surface area contributed by atoms with E-state index in [9.17, 15) is 9.18 Å². The van der Waals surface area contributed by atoms with Crippen molar-refractivity contribution in [3.8, 4) is 0 Å². The second-order valence-electron chi connectivity index (χ2n) is 5.95. The van der Waals surface area contributed by atoms with Gasteiger partial charge in [-0.25, -0.2) is 19.3 Å². The van der Waals surface area contributed by atoms with Crippen molar-refractivity contribution in [3.63, 3.8) is 0 Å². The zero-order valence-electron chi connectivity index (χ0n) is 18.2. The van der Waals surface area contributed by atoms with Crippen LogP contribution in [-0.2, 0) is 0 Å². The fraction of sp³-hybridized carbons (Fsp3) is 0.429. The van der Waals surface area contributed by atoms with Crippen LogP contribution in [0.1, 0.15) is 41.0 Å². The standard InChI is InChI=1S/C15H17N5OS.C4H7F.C2H6/c1-5-6-9(2)20-8-18-11-10-13(19(3)4)16-7-17-14(10)22-12(11)15(20)21;1-2-3-4-5;1-2/h6-8H,5H2,1-4H3;2-3H,4H2,1H3;1-2H3/b9-6+;3-2-;. The number of anilines is 1. The van der Waals surface area contributed by atoms with Gasteiger partial charge in [-0.2, -0.15) is 0 Å². The van der Waals surface area contributed by atoms with Crippen LogP contribution in [0.15, 0.2) is 35.7 Å². The molecule has 0 unspecified atom stereocenters. The summed E-state index contributed by atoms with van der Waals surface area (Å²) in [7, 11) is 3.83. The molecule has 3 aromatic rings. The zero-order valence-corrected chi connectivity index (χ0v) is 19.0. The third-order valence-corrected chi connectivity index (χ3v) is 4.86. The number of nitrogens with zero attached hydrogens (tertiary/aromatic N) is 5. The molecule has 3 heterocycles. The summed E-state index contributed by atoms with van der Waals surface area (Å²) in [6.07, 6.45) is 9.13. The van der Waals surface area contributed by atoms with Gasteiger partial charge in [0, 0.05) is 19.8 Å². The lowest BCUT2D eigenvalue weighted by Crippen LogP contribution is -2.18. The Morgan fingerprint density at radius 1 is 1.28 bits per heavy atom. The zero-order chi connectivity index (χ0) is 22.0. The van der Waals surface area contributed by atoms with Gasteiger partial charge in [-0.15, -0.1) is 11.3 Å². The number of hydrogen-bond donors (Lipinski definition) is 0. The fourth-order valence-electron chi connectivity index (χ4n) is 2.52. The van der Waals surface area contributed by atoms with Crippen LogP contribution in [0.25, 0.3) is 26.1 Å². The van der Waals surface area contributed by atoms with E-state index in [1.807, 2.05) is 52.8 Å². The summed E-state index contributed by atoms with van der Waals surface area (Å²) in [5.41, 5.74) is 1.51. The monoisotopic (exact) mass is 419 g/mol. The molecule has 0 atom stereocenters.